The zero-order valence-electron chi connectivity index (χ0n) is 13.0. The van der Waals surface area contributed by atoms with Crippen molar-refractivity contribution in [1.29, 1.82) is 0 Å². The van der Waals surface area contributed by atoms with Gasteiger partial charge in [-0.05, 0) is 48.7 Å². The number of hydrogen-bond acceptors (Lipinski definition) is 2. The third-order valence-electron chi connectivity index (χ3n) is 3.69. The van der Waals surface area contributed by atoms with Gasteiger partial charge in [0.1, 0.15) is 0 Å². The standard InChI is InChI=1S/C18H23ClN2/c1-4-14-7-8-15(21-12-14)11-18(20-5-2)16-9-6-13(3)10-17(16)19/h6-10,12,18,20H,4-5,11H2,1-3H3. The average molecular weight is 303 g/mol. The molecule has 1 aromatic carbocycles. The highest BCUT2D eigenvalue weighted by atomic mass is 35.5. The third kappa shape index (κ3) is 4.29. The number of nitrogens with one attached hydrogen (secondary N) is 1. The van der Waals surface area contributed by atoms with Gasteiger partial charge in [0.2, 0.25) is 0 Å². The summed E-state index contributed by atoms with van der Waals surface area (Å²) in [4.78, 5) is 4.56. The second kappa shape index (κ2) is 7.58. The molecule has 3 heteroatoms. The molecule has 1 heterocycles. The Balaban J connectivity index is 2.21. The Morgan fingerprint density at radius 2 is 2.00 bits per heavy atom. The van der Waals surface area contributed by atoms with Crippen LogP contribution < -0.4 is 5.32 Å². The minimum atomic E-state index is 0.197. The van der Waals surface area contributed by atoms with E-state index in [4.69, 9.17) is 11.6 Å². The summed E-state index contributed by atoms with van der Waals surface area (Å²) < 4.78 is 0. The predicted molar refractivity (Wildman–Crippen MR) is 89.9 cm³/mol. The second-order valence-corrected chi connectivity index (χ2v) is 5.76. The fourth-order valence-electron chi connectivity index (χ4n) is 2.45. The van der Waals surface area contributed by atoms with Crippen molar-refractivity contribution in [2.24, 2.45) is 0 Å². The lowest BCUT2D eigenvalue weighted by Gasteiger charge is -2.20. The van der Waals surface area contributed by atoms with Gasteiger partial charge in [-0.25, -0.2) is 0 Å². The van der Waals surface area contributed by atoms with E-state index in [1.807, 2.05) is 12.3 Å². The Kier molecular flexibility index (Phi) is 5.77. The molecular formula is C18H23ClN2. The molecule has 0 aliphatic rings. The molecule has 0 saturated heterocycles. The van der Waals surface area contributed by atoms with E-state index in [0.717, 1.165) is 35.7 Å². The molecule has 0 radical (unpaired) electrons. The number of aryl methyl sites for hydroxylation is 2. The van der Waals surface area contributed by atoms with Crippen LogP contribution in [0, 0.1) is 6.92 Å². The Morgan fingerprint density at radius 1 is 1.19 bits per heavy atom. The smallest absolute Gasteiger partial charge is 0.0456 e. The molecule has 2 aromatic rings. The van der Waals surface area contributed by atoms with Crippen LogP contribution >= 0.6 is 11.6 Å². The third-order valence-corrected chi connectivity index (χ3v) is 4.02. The van der Waals surface area contributed by atoms with Gasteiger partial charge in [-0.1, -0.05) is 43.6 Å². The number of hydrogen-bond donors (Lipinski definition) is 1. The van der Waals surface area contributed by atoms with E-state index in [9.17, 15) is 0 Å². The highest BCUT2D eigenvalue weighted by molar-refractivity contribution is 6.31. The largest absolute Gasteiger partial charge is 0.310 e. The number of nitrogens with zero attached hydrogens (tertiary/aromatic N) is 1. The Bertz CT molecular complexity index is 578. The van der Waals surface area contributed by atoms with Crippen LogP contribution in [-0.4, -0.2) is 11.5 Å². The van der Waals surface area contributed by atoms with Crippen LogP contribution in [0.3, 0.4) is 0 Å². The summed E-state index contributed by atoms with van der Waals surface area (Å²) in [6.45, 7) is 7.22. The lowest BCUT2D eigenvalue weighted by molar-refractivity contribution is 0.544. The van der Waals surface area contributed by atoms with E-state index in [1.165, 1.54) is 11.1 Å². The van der Waals surface area contributed by atoms with Crippen LogP contribution in [0.25, 0.3) is 0 Å². The maximum absolute atomic E-state index is 6.41. The maximum Gasteiger partial charge on any atom is 0.0456 e. The van der Waals surface area contributed by atoms with Crippen molar-refractivity contribution in [2.45, 2.75) is 39.7 Å². The van der Waals surface area contributed by atoms with E-state index in [-0.39, 0.29) is 6.04 Å². The van der Waals surface area contributed by atoms with Crippen molar-refractivity contribution >= 4 is 11.6 Å². The first-order chi connectivity index (χ1) is 10.1. The molecule has 1 unspecified atom stereocenters. The van der Waals surface area contributed by atoms with E-state index < -0.39 is 0 Å². The number of rotatable bonds is 6. The van der Waals surface area contributed by atoms with E-state index in [0.29, 0.717) is 0 Å². The number of benzene rings is 1. The van der Waals surface area contributed by atoms with Crippen molar-refractivity contribution in [2.75, 3.05) is 6.54 Å². The minimum absolute atomic E-state index is 0.197. The van der Waals surface area contributed by atoms with Gasteiger partial charge in [0.25, 0.3) is 0 Å². The fraction of sp³-hybridized carbons (Fsp3) is 0.389. The molecule has 2 rings (SSSR count). The molecule has 1 aromatic heterocycles. The summed E-state index contributed by atoms with van der Waals surface area (Å²) >= 11 is 6.41. The number of aromatic nitrogens is 1. The summed E-state index contributed by atoms with van der Waals surface area (Å²) in [5.74, 6) is 0. The number of likely N-dealkylation sites (N-methyl/N-ethyl adjacent to an activating group) is 1. The zero-order chi connectivity index (χ0) is 15.2. The highest BCUT2D eigenvalue weighted by Crippen LogP contribution is 2.26. The van der Waals surface area contributed by atoms with E-state index >= 15 is 0 Å². The van der Waals surface area contributed by atoms with E-state index in [2.05, 4.69) is 55.3 Å². The SMILES string of the molecule is CCNC(Cc1ccc(CC)cn1)c1ccc(C)cc1Cl. The van der Waals surface area contributed by atoms with Gasteiger partial charge < -0.3 is 5.32 Å². The van der Waals surface area contributed by atoms with Crippen LogP contribution in [-0.2, 0) is 12.8 Å². The summed E-state index contributed by atoms with van der Waals surface area (Å²) in [5.41, 5.74) is 4.69. The van der Waals surface area contributed by atoms with Crippen LogP contribution in [0.15, 0.2) is 36.5 Å². The van der Waals surface area contributed by atoms with Crippen molar-refractivity contribution in [3.63, 3.8) is 0 Å². The molecule has 1 atom stereocenters. The first kappa shape index (κ1) is 16.0. The van der Waals surface area contributed by atoms with Gasteiger partial charge in [0, 0.05) is 29.4 Å². The summed E-state index contributed by atoms with van der Waals surface area (Å²) in [6.07, 6.45) is 3.84. The second-order valence-electron chi connectivity index (χ2n) is 5.35. The minimum Gasteiger partial charge on any atom is -0.310 e. The monoisotopic (exact) mass is 302 g/mol. The van der Waals surface area contributed by atoms with Crippen molar-refractivity contribution in [3.8, 4) is 0 Å². The Morgan fingerprint density at radius 3 is 2.57 bits per heavy atom. The van der Waals surface area contributed by atoms with Gasteiger partial charge in [-0.15, -0.1) is 0 Å². The average Bonchev–Trinajstić information content (AvgIpc) is 2.48. The molecule has 0 saturated carbocycles. The molecule has 2 nitrogen and oxygen atoms in total. The summed E-state index contributed by atoms with van der Waals surface area (Å²) in [6, 6.07) is 10.7. The molecular weight excluding hydrogens is 280 g/mol. The first-order valence-corrected chi connectivity index (χ1v) is 7.95. The highest BCUT2D eigenvalue weighted by Gasteiger charge is 2.15. The van der Waals surface area contributed by atoms with Crippen LogP contribution in [0.1, 0.15) is 42.3 Å². The molecule has 0 bridgehead atoms. The molecule has 0 amide bonds. The molecule has 1 N–H and O–H groups in total. The Labute approximate surface area is 132 Å². The van der Waals surface area contributed by atoms with Crippen LogP contribution in [0.2, 0.25) is 5.02 Å². The molecule has 0 spiro atoms. The van der Waals surface area contributed by atoms with Crippen molar-refractivity contribution < 1.29 is 0 Å². The lowest BCUT2D eigenvalue weighted by Crippen LogP contribution is -2.23. The van der Waals surface area contributed by atoms with Gasteiger partial charge in [-0.3, -0.25) is 4.98 Å². The molecule has 0 fully saturated rings. The normalized spacial score (nSPS) is 12.4. The molecule has 0 aliphatic carbocycles. The summed E-state index contributed by atoms with van der Waals surface area (Å²) in [7, 11) is 0. The zero-order valence-corrected chi connectivity index (χ0v) is 13.7. The number of pyridine rings is 1. The summed E-state index contributed by atoms with van der Waals surface area (Å²) in [5, 5.41) is 4.34. The van der Waals surface area contributed by atoms with E-state index in [1.54, 1.807) is 0 Å². The molecule has 0 aliphatic heterocycles. The fourth-order valence-corrected chi connectivity index (χ4v) is 2.81. The van der Waals surface area contributed by atoms with Crippen LogP contribution in [0.4, 0.5) is 0 Å². The van der Waals surface area contributed by atoms with Gasteiger partial charge in [0.15, 0.2) is 0 Å². The topological polar surface area (TPSA) is 24.9 Å². The quantitative estimate of drug-likeness (QED) is 0.850. The lowest BCUT2D eigenvalue weighted by atomic mass is 10.00. The predicted octanol–water partition coefficient (Wildman–Crippen LogP) is 4.50. The molecule has 21 heavy (non-hydrogen) atoms. The van der Waals surface area contributed by atoms with Crippen molar-refractivity contribution in [3.05, 3.63) is 63.9 Å². The first-order valence-electron chi connectivity index (χ1n) is 7.57. The van der Waals surface area contributed by atoms with Gasteiger partial charge in [-0.2, -0.15) is 0 Å². The van der Waals surface area contributed by atoms with Gasteiger partial charge >= 0.3 is 0 Å². The number of halogens is 1. The molecule has 112 valence electrons. The van der Waals surface area contributed by atoms with Crippen molar-refractivity contribution in [1.82, 2.24) is 10.3 Å². The van der Waals surface area contributed by atoms with Gasteiger partial charge in [0.05, 0.1) is 0 Å². The Hall–Kier alpha value is -1.38. The van der Waals surface area contributed by atoms with Crippen LogP contribution in [0.5, 0.6) is 0 Å². The maximum atomic E-state index is 6.41.